The second kappa shape index (κ2) is 10.4. The molecule has 0 spiro atoms. The van der Waals surface area contributed by atoms with Crippen LogP contribution in [0.2, 0.25) is 0 Å². The van der Waals surface area contributed by atoms with Gasteiger partial charge in [-0.3, -0.25) is 14.5 Å². The number of ether oxygens (including phenoxy) is 1. The Morgan fingerprint density at radius 1 is 1.23 bits per heavy atom. The molecule has 0 radical (unpaired) electrons. The molecule has 2 rings (SSSR count). The summed E-state index contributed by atoms with van der Waals surface area (Å²) in [6.07, 6.45) is 1.99. The van der Waals surface area contributed by atoms with Crippen molar-refractivity contribution in [2.45, 2.75) is 83.6 Å². The van der Waals surface area contributed by atoms with Gasteiger partial charge >= 0.3 is 6.09 Å². The molecular formula is C21H37N3O6. The fraction of sp³-hybridized carbons (Fsp3) is 0.857. The van der Waals surface area contributed by atoms with Crippen molar-refractivity contribution in [2.24, 2.45) is 11.8 Å². The van der Waals surface area contributed by atoms with E-state index in [0.717, 1.165) is 12.8 Å². The first-order valence-corrected chi connectivity index (χ1v) is 11.0. The van der Waals surface area contributed by atoms with Crippen LogP contribution >= 0.6 is 0 Å². The van der Waals surface area contributed by atoms with Gasteiger partial charge in [0.05, 0.1) is 18.8 Å². The van der Waals surface area contributed by atoms with E-state index in [-0.39, 0.29) is 17.7 Å². The second-order valence-electron chi connectivity index (χ2n) is 9.27. The highest BCUT2D eigenvalue weighted by Crippen LogP contribution is 2.42. The average molecular weight is 428 g/mol. The maximum Gasteiger partial charge on any atom is 0.410 e. The molecule has 0 aromatic carbocycles. The SMILES string of the molecule is CCCCNC(=O)[C@H]1C[C@H]1[C@@H](O)[C@H](CO)NC(=O)[C@@H]1CCCN1C(=O)OC(C)(C)C. The highest BCUT2D eigenvalue weighted by atomic mass is 16.6. The van der Waals surface area contributed by atoms with E-state index in [4.69, 9.17) is 4.74 Å². The number of rotatable bonds is 9. The van der Waals surface area contributed by atoms with Crippen LogP contribution in [0.5, 0.6) is 0 Å². The van der Waals surface area contributed by atoms with Crippen LogP contribution in [-0.4, -0.2) is 76.5 Å². The molecular weight excluding hydrogens is 390 g/mol. The van der Waals surface area contributed by atoms with Crippen LogP contribution in [0.3, 0.4) is 0 Å². The molecule has 1 heterocycles. The summed E-state index contributed by atoms with van der Waals surface area (Å²) in [7, 11) is 0. The molecule has 1 saturated heterocycles. The minimum atomic E-state index is -1.03. The number of carbonyl (C=O) groups excluding carboxylic acids is 3. The van der Waals surface area contributed by atoms with Crippen LogP contribution in [0.1, 0.15) is 59.8 Å². The van der Waals surface area contributed by atoms with Gasteiger partial charge in [-0.2, -0.15) is 0 Å². The zero-order valence-corrected chi connectivity index (χ0v) is 18.5. The van der Waals surface area contributed by atoms with Crippen molar-refractivity contribution < 1.29 is 29.3 Å². The summed E-state index contributed by atoms with van der Waals surface area (Å²) in [4.78, 5) is 38.7. The fourth-order valence-electron chi connectivity index (χ4n) is 3.81. The molecule has 1 aliphatic heterocycles. The summed E-state index contributed by atoms with van der Waals surface area (Å²) in [6.45, 7) is 7.90. The summed E-state index contributed by atoms with van der Waals surface area (Å²) >= 11 is 0. The van der Waals surface area contributed by atoms with E-state index < -0.39 is 42.4 Å². The van der Waals surface area contributed by atoms with Crippen molar-refractivity contribution in [3.8, 4) is 0 Å². The van der Waals surface area contributed by atoms with Gasteiger partial charge in [0.1, 0.15) is 11.6 Å². The topological polar surface area (TPSA) is 128 Å². The lowest BCUT2D eigenvalue weighted by atomic mass is 10.0. The van der Waals surface area contributed by atoms with Gasteiger partial charge in [-0.15, -0.1) is 0 Å². The Bertz CT molecular complexity index is 620. The van der Waals surface area contributed by atoms with Gasteiger partial charge in [0.15, 0.2) is 0 Å². The normalized spacial score (nSPS) is 25.4. The number of nitrogens with zero attached hydrogens (tertiary/aromatic N) is 1. The van der Waals surface area contributed by atoms with E-state index in [1.165, 1.54) is 4.90 Å². The molecule has 0 unspecified atom stereocenters. The first-order chi connectivity index (χ1) is 14.1. The molecule has 2 fully saturated rings. The van der Waals surface area contributed by atoms with Gasteiger partial charge in [0, 0.05) is 19.0 Å². The van der Waals surface area contributed by atoms with Gasteiger partial charge < -0.3 is 25.6 Å². The molecule has 0 aromatic heterocycles. The van der Waals surface area contributed by atoms with Crippen LogP contribution < -0.4 is 10.6 Å². The Hall–Kier alpha value is -1.87. The van der Waals surface area contributed by atoms with Gasteiger partial charge in [0.2, 0.25) is 11.8 Å². The van der Waals surface area contributed by atoms with Crippen LogP contribution in [-0.2, 0) is 14.3 Å². The fourth-order valence-corrected chi connectivity index (χ4v) is 3.81. The van der Waals surface area contributed by atoms with Crippen molar-refractivity contribution in [1.29, 1.82) is 0 Å². The summed E-state index contributed by atoms with van der Waals surface area (Å²) < 4.78 is 5.37. The number of aliphatic hydroxyl groups is 2. The maximum absolute atomic E-state index is 12.8. The molecule has 0 aromatic rings. The Kier molecular flexibility index (Phi) is 8.49. The van der Waals surface area contributed by atoms with Crippen LogP contribution in [0, 0.1) is 11.8 Å². The van der Waals surface area contributed by atoms with Gasteiger partial charge in [-0.25, -0.2) is 4.79 Å². The van der Waals surface area contributed by atoms with E-state index in [0.29, 0.717) is 32.4 Å². The smallest absolute Gasteiger partial charge is 0.410 e. The molecule has 9 heteroatoms. The largest absolute Gasteiger partial charge is 0.444 e. The monoisotopic (exact) mass is 427 g/mol. The molecule has 5 atom stereocenters. The number of nitrogens with one attached hydrogen (secondary N) is 2. The first-order valence-electron chi connectivity index (χ1n) is 11.0. The lowest BCUT2D eigenvalue weighted by Crippen LogP contribution is -2.54. The summed E-state index contributed by atoms with van der Waals surface area (Å²) in [5.74, 6) is -1.12. The van der Waals surface area contributed by atoms with Gasteiger partial charge in [0.25, 0.3) is 0 Å². The molecule has 3 amide bonds. The molecule has 30 heavy (non-hydrogen) atoms. The van der Waals surface area contributed by atoms with Crippen molar-refractivity contribution in [1.82, 2.24) is 15.5 Å². The molecule has 172 valence electrons. The molecule has 1 aliphatic carbocycles. The number of aliphatic hydroxyl groups excluding tert-OH is 2. The van der Waals surface area contributed by atoms with Crippen molar-refractivity contribution >= 4 is 17.9 Å². The number of likely N-dealkylation sites (tertiary alicyclic amines) is 1. The van der Waals surface area contributed by atoms with Gasteiger partial charge in [-0.05, 0) is 52.4 Å². The maximum atomic E-state index is 12.8. The Labute approximate surface area is 178 Å². The minimum Gasteiger partial charge on any atom is -0.444 e. The third-order valence-corrected chi connectivity index (χ3v) is 5.56. The van der Waals surface area contributed by atoms with Crippen molar-refractivity contribution in [3.63, 3.8) is 0 Å². The molecule has 9 nitrogen and oxygen atoms in total. The zero-order valence-electron chi connectivity index (χ0n) is 18.5. The molecule has 4 N–H and O–H groups in total. The first kappa shape index (κ1) is 24.4. The number of hydrogen-bond donors (Lipinski definition) is 4. The standard InChI is InChI=1S/C21H37N3O6/c1-5-6-9-22-18(27)14-11-13(14)17(26)15(12-25)23-19(28)16-8-7-10-24(16)20(29)30-21(2,3)4/h13-17,25-26H,5-12H2,1-4H3,(H,22,27)(H,23,28)/t13-,14+,15+,16+,17-/m1/s1. The molecule has 2 aliphatic rings. The average Bonchev–Trinajstić information content (AvgIpc) is 3.31. The molecule has 0 bridgehead atoms. The van der Waals surface area contributed by atoms with Crippen LogP contribution in [0.4, 0.5) is 4.79 Å². The lowest BCUT2D eigenvalue weighted by Gasteiger charge is -2.30. The highest BCUT2D eigenvalue weighted by molar-refractivity contribution is 5.86. The number of hydrogen-bond acceptors (Lipinski definition) is 6. The Balaban J connectivity index is 1.89. The van der Waals surface area contributed by atoms with E-state index in [1.807, 2.05) is 6.92 Å². The van der Waals surface area contributed by atoms with E-state index in [2.05, 4.69) is 10.6 Å². The third kappa shape index (κ3) is 6.57. The van der Waals surface area contributed by atoms with Crippen molar-refractivity contribution in [2.75, 3.05) is 19.7 Å². The van der Waals surface area contributed by atoms with Crippen molar-refractivity contribution in [3.05, 3.63) is 0 Å². The number of unbranched alkanes of at least 4 members (excludes halogenated alkanes) is 1. The van der Waals surface area contributed by atoms with Crippen LogP contribution in [0.15, 0.2) is 0 Å². The lowest BCUT2D eigenvalue weighted by molar-refractivity contribution is -0.127. The van der Waals surface area contributed by atoms with E-state index in [9.17, 15) is 24.6 Å². The third-order valence-electron chi connectivity index (χ3n) is 5.56. The van der Waals surface area contributed by atoms with Gasteiger partial charge in [-0.1, -0.05) is 13.3 Å². The summed E-state index contributed by atoms with van der Waals surface area (Å²) in [5.41, 5.74) is -0.663. The van der Waals surface area contributed by atoms with E-state index >= 15 is 0 Å². The summed E-state index contributed by atoms with van der Waals surface area (Å²) in [5, 5.41) is 25.8. The highest BCUT2D eigenvalue weighted by Gasteiger charge is 2.50. The Morgan fingerprint density at radius 2 is 1.93 bits per heavy atom. The van der Waals surface area contributed by atoms with E-state index in [1.54, 1.807) is 20.8 Å². The van der Waals surface area contributed by atoms with Crippen LogP contribution in [0.25, 0.3) is 0 Å². The predicted molar refractivity (Wildman–Crippen MR) is 111 cm³/mol. The second-order valence-corrected chi connectivity index (χ2v) is 9.27. The number of amides is 3. The predicted octanol–water partition coefficient (Wildman–Crippen LogP) is 0.776. The summed E-state index contributed by atoms with van der Waals surface area (Å²) in [6, 6.07) is -1.59. The molecule has 1 saturated carbocycles. The quantitative estimate of drug-likeness (QED) is 0.403. The minimum absolute atomic E-state index is 0.0950. The number of carbonyl (C=O) groups is 3. The zero-order chi connectivity index (χ0) is 22.5. The Morgan fingerprint density at radius 3 is 2.53 bits per heavy atom.